The van der Waals surface area contributed by atoms with Gasteiger partial charge in [0.05, 0.1) is 24.2 Å². The third kappa shape index (κ3) is 3.29. The van der Waals surface area contributed by atoms with Crippen molar-refractivity contribution in [2.45, 2.75) is 13.3 Å². The van der Waals surface area contributed by atoms with Gasteiger partial charge in [0.15, 0.2) is 5.58 Å². The number of aryl methyl sites for hydroxylation is 1. The lowest BCUT2D eigenvalue weighted by Gasteiger charge is -2.06. The van der Waals surface area contributed by atoms with E-state index in [9.17, 15) is 4.79 Å². The molecule has 5 nitrogen and oxygen atoms in total. The zero-order valence-electron chi connectivity index (χ0n) is 12.7. The zero-order chi connectivity index (χ0) is 16.4. The predicted molar refractivity (Wildman–Crippen MR) is 89.2 cm³/mol. The van der Waals surface area contributed by atoms with E-state index in [-0.39, 0.29) is 12.4 Å². The van der Waals surface area contributed by atoms with Crippen LogP contribution in [0.1, 0.15) is 11.1 Å². The first-order chi connectivity index (χ1) is 11.1. The van der Waals surface area contributed by atoms with Crippen LogP contribution in [0.3, 0.4) is 0 Å². The number of methoxy groups -OCH3 is 1. The molecule has 0 aliphatic rings. The number of ether oxygens (including phenoxy) is 1. The normalized spacial score (nSPS) is 10.7. The Morgan fingerprint density at radius 2 is 2.17 bits per heavy atom. The zero-order valence-corrected chi connectivity index (χ0v) is 13.5. The van der Waals surface area contributed by atoms with Gasteiger partial charge in [0.25, 0.3) is 6.01 Å². The molecule has 6 heteroatoms. The number of hydrogen-bond donors (Lipinski definition) is 1. The molecule has 0 atom stereocenters. The molecule has 23 heavy (non-hydrogen) atoms. The molecule has 3 rings (SSSR count). The number of nitrogens with zero attached hydrogens (tertiary/aromatic N) is 1. The minimum Gasteiger partial charge on any atom is -0.469 e. The maximum absolute atomic E-state index is 11.3. The lowest BCUT2D eigenvalue weighted by molar-refractivity contribution is -0.139. The van der Waals surface area contributed by atoms with Crippen molar-refractivity contribution in [3.05, 3.63) is 52.5 Å². The lowest BCUT2D eigenvalue weighted by atomic mass is 10.1. The Kier molecular flexibility index (Phi) is 4.21. The van der Waals surface area contributed by atoms with Gasteiger partial charge in [-0.15, -0.1) is 0 Å². The number of hydrogen-bond acceptors (Lipinski definition) is 5. The first kappa shape index (κ1) is 15.4. The number of esters is 1. The first-order valence-corrected chi connectivity index (χ1v) is 7.43. The van der Waals surface area contributed by atoms with Crippen LogP contribution in [0.15, 0.2) is 40.8 Å². The number of para-hydroxylation sites is 1. The van der Waals surface area contributed by atoms with Gasteiger partial charge in [0.2, 0.25) is 0 Å². The number of benzene rings is 2. The van der Waals surface area contributed by atoms with E-state index in [0.29, 0.717) is 22.3 Å². The topological polar surface area (TPSA) is 64.4 Å². The second-order valence-electron chi connectivity index (χ2n) is 5.13. The highest BCUT2D eigenvalue weighted by molar-refractivity contribution is 6.33. The molecule has 0 spiro atoms. The maximum Gasteiger partial charge on any atom is 0.309 e. The molecule has 118 valence electrons. The lowest BCUT2D eigenvalue weighted by Crippen LogP contribution is -2.04. The number of rotatable bonds is 4. The van der Waals surface area contributed by atoms with E-state index in [1.165, 1.54) is 7.11 Å². The van der Waals surface area contributed by atoms with Crippen LogP contribution in [0.4, 0.5) is 11.7 Å². The van der Waals surface area contributed by atoms with Crippen molar-refractivity contribution in [3.8, 4) is 0 Å². The molecule has 0 saturated heterocycles. The summed E-state index contributed by atoms with van der Waals surface area (Å²) in [5.74, 6) is -0.309. The van der Waals surface area contributed by atoms with Crippen LogP contribution in [0.25, 0.3) is 11.1 Å². The van der Waals surface area contributed by atoms with E-state index < -0.39 is 0 Å². The molecule has 0 saturated carbocycles. The fourth-order valence-electron chi connectivity index (χ4n) is 2.26. The smallest absolute Gasteiger partial charge is 0.309 e. The summed E-state index contributed by atoms with van der Waals surface area (Å²) in [6.45, 7) is 1.98. The Balaban J connectivity index is 1.84. The highest BCUT2D eigenvalue weighted by atomic mass is 35.5. The molecule has 0 unspecified atom stereocenters. The Morgan fingerprint density at radius 3 is 2.87 bits per heavy atom. The molecule has 0 aliphatic carbocycles. The largest absolute Gasteiger partial charge is 0.469 e. The summed E-state index contributed by atoms with van der Waals surface area (Å²) in [6.07, 6.45) is 0.179. The van der Waals surface area contributed by atoms with Crippen molar-refractivity contribution < 1.29 is 13.9 Å². The summed E-state index contributed by atoms with van der Waals surface area (Å²) in [6, 6.07) is 11.4. The number of halogens is 1. The summed E-state index contributed by atoms with van der Waals surface area (Å²) in [4.78, 5) is 15.7. The van der Waals surface area contributed by atoms with Crippen molar-refractivity contribution in [3.63, 3.8) is 0 Å². The standard InChI is InChI=1S/C17H15ClN2O3/c1-10-4-3-5-14-16(10)20-17(23-14)19-13-7-6-11(8-12(13)18)9-15(21)22-2/h3-8H,9H2,1-2H3,(H,19,20). The Morgan fingerprint density at radius 1 is 1.35 bits per heavy atom. The number of nitrogens with one attached hydrogen (secondary N) is 1. The van der Waals surface area contributed by atoms with E-state index in [1.54, 1.807) is 18.2 Å². The second kappa shape index (κ2) is 6.30. The fourth-order valence-corrected chi connectivity index (χ4v) is 2.51. The molecule has 0 amide bonds. The first-order valence-electron chi connectivity index (χ1n) is 7.05. The number of anilines is 2. The van der Waals surface area contributed by atoms with Gasteiger partial charge < -0.3 is 14.5 Å². The molecule has 0 radical (unpaired) electrons. The van der Waals surface area contributed by atoms with Crippen LogP contribution in [-0.2, 0) is 16.0 Å². The van der Waals surface area contributed by atoms with Crippen molar-refractivity contribution in [2.24, 2.45) is 0 Å². The number of aromatic nitrogens is 1. The third-order valence-electron chi connectivity index (χ3n) is 3.47. The molecular formula is C17H15ClN2O3. The minimum absolute atomic E-state index is 0.179. The van der Waals surface area contributed by atoms with Gasteiger partial charge in [-0.1, -0.05) is 29.8 Å². The molecule has 0 fully saturated rings. The van der Waals surface area contributed by atoms with E-state index in [0.717, 1.165) is 16.6 Å². The van der Waals surface area contributed by atoms with Crippen LogP contribution in [-0.4, -0.2) is 18.1 Å². The van der Waals surface area contributed by atoms with Crippen molar-refractivity contribution in [2.75, 3.05) is 12.4 Å². The van der Waals surface area contributed by atoms with Gasteiger partial charge in [0.1, 0.15) is 5.52 Å². The van der Waals surface area contributed by atoms with Crippen LogP contribution in [0.5, 0.6) is 0 Å². The van der Waals surface area contributed by atoms with Crippen molar-refractivity contribution in [1.29, 1.82) is 0 Å². The molecule has 1 aromatic heterocycles. The molecule has 1 heterocycles. The number of carbonyl (C=O) groups is 1. The molecule has 0 aliphatic heterocycles. The van der Waals surface area contributed by atoms with E-state index in [4.69, 9.17) is 16.0 Å². The van der Waals surface area contributed by atoms with E-state index in [2.05, 4.69) is 15.0 Å². The average Bonchev–Trinajstić information content (AvgIpc) is 2.94. The summed E-state index contributed by atoms with van der Waals surface area (Å²) in [5.41, 5.74) is 4.00. The van der Waals surface area contributed by atoms with Gasteiger partial charge in [-0.2, -0.15) is 4.98 Å². The van der Waals surface area contributed by atoms with E-state index >= 15 is 0 Å². The number of oxazole rings is 1. The van der Waals surface area contributed by atoms with Gasteiger partial charge in [-0.05, 0) is 36.2 Å². The van der Waals surface area contributed by atoms with Crippen molar-refractivity contribution >= 4 is 40.4 Å². The van der Waals surface area contributed by atoms with Gasteiger partial charge >= 0.3 is 5.97 Å². The Labute approximate surface area is 138 Å². The summed E-state index contributed by atoms with van der Waals surface area (Å²) in [7, 11) is 1.36. The van der Waals surface area contributed by atoms with E-state index in [1.807, 2.05) is 25.1 Å². The van der Waals surface area contributed by atoms with Gasteiger partial charge in [0, 0.05) is 0 Å². The molecular weight excluding hydrogens is 316 g/mol. The summed E-state index contributed by atoms with van der Waals surface area (Å²) < 4.78 is 10.3. The molecule has 3 aromatic rings. The quantitative estimate of drug-likeness (QED) is 0.724. The Bertz CT molecular complexity index is 873. The number of fused-ring (bicyclic) bond motifs is 1. The highest BCUT2D eigenvalue weighted by Gasteiger charge is 2.11. The second-order valence-corrected chi connectivity index (χ2v) is 5.54. The fraction of sp³-hybridized carbons (Fsp3) is 0.176. The Hall–Kier alpha value is -2.53. The average molecular weight is 331 g/mol. The molecule has 2 aromatic carbocycles. The van der Waals surface area contributed by atoms with Crippen LogP contribution < -0.4 is 5.32 Å². The third-order valence-corrected chi connectivity index (χ3v) is 3.78. The minimum atomic E-state index is -0.309. The SMILES string of the molecule is COC(=O)Cc1ccc(Nc2nc3c(C)cccc3o2)c(Cl)c1. The molecule has 0 bridgehead atoms. The number of carbonyl (C=O) groups excluding carboxylic acids is 1. The van der Waals surface area contributed by atoms with Gasteiger partial charge in [-0.25, -0.2) is 0 Å². The van der Waals surface area contributed by atoms with Crippen molar-refractivity contribution in [1.82, 2.24) is 4.98 Å². The molecule has 1 N–H and O–H groups in total. The van der Waals surface area contributed by atoms with Crippen LogP contribution in [0.2, 0.25) is 5.02 Å². The predicted octanol–water partition coefficient (Wildman–Crippen LogP) is 4.25. The summed E-state index contributed by atoms with van der Waals surface area (Å²) >= 11 is 6.25. The maximum atomic E-state index is 11.3. The van der Waals surface area contributed by atoms with Crippen LogP contribution >= 0.6 is 11.6 Å². The monoisotopic (exact) mass is 330 g/mol. The van der Waals surface area contributed by atoms with Crippen LogP contribution in [0, 0.1) is 6.92 Å². The highest BCUT2D eigenvalue weighted by Crippen LogP contribution is 2.29. The summed E-state index contributed by atoms with van der Waals surface area (Å²) in [5, 5.41) is 3.53. The van der Waals surface area contributed by atoms with Gasteiger partial charge in [-0.3, -0.25) is 4.79 Å².